The Morgan fingerprint density at radius 3 is 1.79 bits per heavy atom. The van der Waals surface area contributed by atoms with Gasteiger partial charge in [0, 0.05) is 5.41 Å². The molecule has 0 unspecified atom stereocenters. The molecule has 1 aliphatic carbocycles. The number of aryl methyl sites for hydroxylation is 2. The van der Waals surface area contributed by atoms with Gasteiger partial charge in [0.15, 0.2) is 0 Å². The SMILES string of the molecule is CCCCCCC1(CCCCCC)c2cc(C)ccc2-c2ccc(CC)cc21. The van der Waals surface area contributed by atoms with E-state index in [1.807, 2.05) is 0 Å². The first kappa shape index (κ1) is 21.2. The van der Waals surface area contributed by atoms with E-state index in [1.54, 1.807) is 11.1 Å². The van der Waals surface area contributed by atoms with Crippen molar-refractivity contribution in [2.45, 2.75) is 104 Å². The van der Waals surface area contributed by atoms with Gasteiger partial charge in [0.05, 0.1) is 0 Å². The third-order valence-corrected chi connectivity index (χ3v) is 6.90. The molecule has 2 aromatic rings. The average molecular weight is 377 g/mol. The highest BCUT2D eigenvalue weighted by Gasteiger charge is 2.42. The number of hydrogen-bond donors (Lipinski definition) is 0. The molecule has 0 saturated heterocycles. The van der Waals surface area contributed by atoms with Crippen molar-refractivity contribution in [2.75, 3.05) is 0 Å². The second kappa shape index (κ2) is 9.77. The Kier molecular flexibility index (Phi) is 7.38. The lowest BCUT2D eigenvalue weighted by atomic mass is 9.70. The van der Waals surface area contributed by atoms with Crippen molar-refractivity contribution >= 4 is 0 Å². The molecule has 152 valence electrons. The molecule has 0 heterocycles. The van der Waals surface area contributed by atoms with Crippen molar-refractivity contribution in [1.82, 2.24) is 0 Å². The Balaban J connectivity index is 2.05. The minimum Gasteiger partial charge on any atom is -0.0654 e. The molecule has 0 radical (unpaired) electrons. The smallest absolute Gasteiger partial charge is 0.0215 e. The van der Waals surface area contributed by atoms with E-state index >= 15 is 0 Å². The first-order chi connectivity index (χ1) is 13.7. The van der Waals surface area contributed by atoms with Crippen LogP contribution in [0.2, 0.25) is 0 Å². The normalized spacial score (nSPS) is 14.1. The van der Waals surface area contributed by atoms with E-state index in [0.717, 1.165) is 6.42 Å². The van der Waals surface area contributed by atoms with Gasteiger partial charge in [-0.25, -0.2) is 0 Å². The maximum atomic E-state index is 2.56. The Bertz CT molecular complexity index is 756. The van der Waals surface area contributed by atoms with Crippen LogP contribution < -0.4 is 0 Å². The van der Waals surface area contributed by atoms with Gasteiger partial charge in [0.1, 0.15) is 0 Å². The minimum absolute atomic E-state index is 0.239. The highest BCUT2D eigenvalue weighted by molar-refractivity contribution is 5.81. The lowest BCUT2D eigenvalue weighted by Gasteiger charge is -2.33. The van der Waals surface area contributed by atoms with Crippen LogP contribution in [0.15, 0.2) is 36.4 Å². The molecule has 0 aromatic heterocycles. The molecule has 0 amide bonds. The van der Waals surface area contributed by atoms with E-state index in [0.29, 0.717) is 0 Å². The molecule has 3 rings (SSSR count). The summed E-state index contributed by atoms with van der Waals surface area (Å²) in [6, 6.07) is 14.6. The molecule has 2 aromatic carbocycles. The van der Waals surface area contributed by atoms with Crippen LogP contribution in [0.4, 0.5) is 0 Å². The number of fused-ring (bicyclic) bond motifs is 3. The summed E-state index contributed by atoms with van der Waals surface area (Å²) in [7, 11) is 0. The predicted molar refractivity (Wildman–Crippen MR) is 124 cm³/mol. The summed E-state index contributed by atoms with van der Waals surface area (Å²) in [5, 5.41) is 0. The molecular weight excluding hydrogens is 336 g/mol. The van der Waals surface area contributed by atoms with E-state index in [2.05, 4.69) is 64.1 Å². The van der Waals surface area contributed by atoms with Gasteiger partial charge in [-0.05, 0) is 54.0 Å². The second-order valence-corrected chi connectivity index (χ2v) is 8.99. The number of unbranched alkanes of at least 4 members (excludes halogenated alkanes) is 6. The Hall–Kier alpha value is -1.56. The van der Waals surface area contributed by atoms with E-state index in [-0.39, 0.29) is 5.41 Å². The first-order valence-electron chi connectivity index (χ1n) is 11.9. The van der Waals surface area contributed by atoms with Crippen molar-refractivity contribution in [3.8, 4) is 11.1 Å². The Morgan fingerprint density at radius 1 is 0.643 bits per heavy atom. The summed E-state index contributed by atoms with van der Waals surface area (Å²) < 4.78 is 0. The van der Waals surface area contributed by atoms with Crippen LogP contribution in [0.25, 0.3) is 11.1 Å². The van der Waals surface area contributed by atoms with Crippen molar-refractivity contribution in [3.05, 3.63) is 58.7 Å². The van der Waals surface area contributed by atoms with Gasteiger partial charge in [0.2, 0.25) is 0 Å². The van der Waals surface area contributed by atoms with Crippen LogP contribution in [-0.4, -0.2) is 0 Å². The Morgan fingerprint density at radius 2 is 1.21 bits per heavy atom. The van der Waals surface area contributed by atoms with Crippen molar-refractivity contribution < 1.29 is 0 Å². The first-order valence-corrected chi connectivity index (χ1v) is 11.9. The zero-order valence-electron chi connectivity index (χ0n) is 18.7. The summed E-state index contributed by atoms with van der Waals surface area (Å²) in [5.41, 5.74) is 9.43. The summed E-state index contributed by atoms with van der Waals surface area (Å²) in [6.07, 6.45) is 14.6. The summed E-state index contributed by atoms with van der Waals surface area (Å²) in [5.74, 6) is 0. The maximum absolute atomic E-state index is 2.56. The zero-order chi connectivity index (χ0) is 20.0. The van der Waals surface area contributed by atoms with Gasteiger partial charge in [-0.3, -0.25) is 0 Å². The molecular formula is C28H40. The fraction of sp³-hybridized carbons (Fsp3) is 0.571. The second-order valence-electron chi connectivity index (χ2n) is 8.99. The van der Waals surface area contributed by atoms with Gasteiger partial charge < -0.3 is 0 Å². The topological polar surface area (TPSA) is 0 Å². The fourth-order valence-corrected chi connectivity index (χ4v) is 5.25. The molecule has 0 spiro atoms. The fourth-order valence-electron chi connectivity index (χ4n) is 5.25. The number of hydrogen-bond acceptors (Lipinski definition) is 0. The summed E-state index contributed by atoms with van der Waals surface area (Å²) >= 11 is 0. The molecule has 1 aliphatic rings. The molecule has 0 atom stereocenters. The summed E-state index contributed by atoms with van der Waals surface area (Å²) in [4.78, 5) is 0. The quantitative estimate of drug-likeness (QED) is 0.344. The third kappa shape index (κ3) is 4.22. The molecule has 0 fully saturated rings. The highest BCUT2D eigenvalue weighted by Crippen LogP contribution is 2.54. The average Bonchev–Trinajstić information content (AvgIpc) is 2.97. The van der Waals surface area contributed by atoms with E-state index in [9.17, 15) is 0 Å². The third-order valence-electron chi connectivity index (χ3n) is 6.90. The molecule has 0 bridgehead atoms. The van der Waals surface area contributed by atoms with E-state index in [1.165, 1.54) is 86.5 Å². The van der Waals surface area contributed by atoms with Crippen molar-refractivity contribution in [1.29, 1.82) is 0 Å². The van der Waals surface area contributed by atoms with Gasteiger partial charge in [0.25, 0.3) is 0 Å². The minimum atomic E-state index is 0.239. The molecule has 0 aliphatic heterocycles. The summed E-state index contributed by atoms with van der Waals surface area (Å²) in [6.45, 7) is 9.19. The van der Waals surface area contributed by atoms with Crippen LogP contribution in [0, 0.1) is 6.92 Å². The lowest BCUT2D eigenvalue weighted by Crippen LogP contribution is -2.26. The van der Waals surface area contributed by atoms with E-state index < -0.39 is 0 Å². The van der Waals surface area contributed by atoms with Crippen LogP contribution in [-0.2, 0) is 11.8 Å². The van der Waals surface area contributed by atoms with Crippen LogP contribution in [0.5, 0.6) is 0 Å². The van der Waals surface area contributed by atoms with Crippen LogP contribution >= 0.6 is 0 Å². The van der Waals surface area contributed by atoms with Gasteiger partial charge in [-0.1, -0.05) is 114 Å². The molecule has 0 saturated carbocycles. The van der Waals surface area contributed by atoms with Gasteiger partial charge in [-0.15, -0.1) is 0 Å². The molecule has 0 heteroatoms. The van der Waals surface area contributed by atoms with Crippen molar-refractivity contribution in [3.63, 3.8) is 0 Å². The van der Waals surface area contributed by atoms with Crippen LogP contribution in [0.3, 0.4) is 0 Å². The largest absolute Gasteiger partial charge is 0.0654 e. The van der Waals surface area contributed by atoms with Gasteiger partial charge in [-0.2, -0.15) is 0 Å². The molecule has 0 N–H and O–H groups in total. The number of rotatable bonds is 11. The number of benzene rings is 2. The van der Waals surface area contributed by atoms with E-state index in [4.69, 9.17) is 0 Å². The van der Waals surface area contributed by atoms with Crippen LogP contribution in [0.1, 0.15) is 107 Å². The molecule has 28 heavy (non-hydrogen) atoms. The zero-order valence-corrected chi connectivity index (χ0v) is 18.7. The Labute approximate surface area is 173 Å². The highest BCUT2D eigenvalue weighted by atomic mass is 14.4. The van der Waals surface area contributed by atoms with Gasteiger partial charge >= 0.3 is 0 Å². The predicted octanol–water partition coefficient (Wildman–Crippen LogP) is 8.76. The monoisotopic (exact) mass is 376 g/mol. The molecule has 0 nitrogen and oxygen atoms in total. The van der Waals surface area contributed by atoms with Crippen molar-refractivity contribution in [2.24, 2.45) is 0 Å². The lowest BCUT2D eigenvalue weighted by molar-refractivity contribution is 0.400. The standard InChI is InChI=1S/C28H40/c1-5-8-10-12-18-28(19-13-11-9-6-2)26-20-22(4)14-16-24(26)25-17-15-23(7-3)21-27(25)28/h14-17,20-21H,5-13,18-19H2,1-4H3. The maximum Gasteiger partial charge on any atom is 0.0215 e.